The van der Waals surface area contributed by atoms with Crippen LogP contribution in [0.5, 0.6) is 0 Å². The Morgan fingerprint density at radius 1 is 1.21 bits per heavy atom. The average Bonchev–Trinajstić information content (AvgIpc) is 2.11. The predicted molar refractivity (Wildman–Crippen MR) is 43.0 cm³/mol. The topological polar surface area (TPSA) is 40.5 Å². The summed E-state index contributed by atoms with van der Waals surface area (Å²) in [6, 6.07) is 1.10. The van der Waals surface area contributed by atoms with Gasteiger partial charge in [0, 0.05) is 24.7 Å². The number of aliphatic hydroxyl groups is 2. The monoisotopic (exact) mass is 206 g/mol. The van der Waals surface area contributed by atoms with E-state index in [-0.39, 0.29) is 6.42 Å². The van der Waals surface area contributed by atoms with Crippen LogP contribution in [0.1, 0.15) is 18.1 Å². The number of hydrogen-bond acceptors (Lipinski definition) is 2. The summed E-state index contributed by atoms with van der Waals surface area (Å²) < 4.78 is 38.3. The molecule has 1 aromatic carbocycles. The molecule has 78 valence electrons. The SMILES string of the molecule is OCCC(O)c1cc(F)cc(F)c1F. The van der Waals surface area contributed by atoms with Crippen LogP contribution in [-0.4, -0.2) is 16.8 Å². The first-order chi connectivity index (χ1) is 6.56. The van der Waals surface area contributed by atoms with Crippen molar-refractivity contribution in [3.63, 3.8) is 0 Å². The van der Waals surface area contributed by atoms with Crippen LogP contribution in [0, 0.1) is 17.5 Å². The van der Waals surface area contributed by atoms with Gasteiger partial charge in [-0.1, -0.05) is 0 Å². The van der Waals surface area contributed by atoms with Crippen molar-refractivity contribution in [2.75, 3.05) is 6.61 Å². The van der Waals surface area contributed by atoms with Crippen molar-refractivity contribution in [1.82, 2.24) is 0 Å². The van der Waals surface area contributed by atoms with Crippen molar-refractivity contribution in [2.45, 2.75) is 12.5 Å². The van der Waals surface area contributed by atoms with Gasteiger partial charge in [-0.05, 0) is 6.07 Å². The predicted octanol–water partition coefficient (Wildman–Crippen LogP) is 1.52. The zero-order chi connectivity index (χ0) is 10.7. The first-order valence-corrected chi connectivity index (χ1v) is 3.99. The van der Waals surface area contributed by atoms with E-state index in [1.54, 1.807) is 0 Å². The van der Waals surface area contributed by atoms with Gasteiger partial charge in [-0.25, -0.2) is 13.2 Å². The van der Waals surface area contributed by atoms with Crippen molar-refractivity contribution < 1.29 is 23.4 Å². The molecule has 0 radical (unpaired) electrons. The van der Waals surface area contributed by atoms with Gasteiger partial charge in [0.05, 0.1) is 6.10 Å². The Bertz CT molecular complexity index is 328. The minimum Gasteiger partial charge on any atom is -0.396 e. The molecule has 0 amide bonds. The largest absolute Gasteiger partial charge is 0.396 e. The van der Waals surface area contributed by atoms with Crippen molar-refractivity contribution in [2.24, 2.45) is 0 Å². The Morgan fingerprint density at radius 3 is 2.43 bits per heavy atom. The number of hydrogen-bond donors (Lipinski definition) is 2. The smallest absolute Gasteiger partial charge is 0.164 e. The van der Waals surface area contributed by atoms with Gasteiger partial charge in [-0.2, -0.15) is 0 Å². The van der Waals surface area contributed by atoms with Crippen LogP contribution in [0.25, 0.3) is 0 Å². The summed E-state index contributed by atoms with van der Waals surface area (Å²) in [5.74, 6) is -3.60. The summed E-state index contributed by atoms with van der Waals surface area (Å²) in [6.45, 7) is -0.390. The summed E-state index contributed by atoms with van der Waals surface area (Å²) >= 11 is 0. The lowest BCUT2D eigenvalue weighted by Crippen LogP contribution is -2.05. The third-order valence-electron chi connectivity index (χ3n) is 1.78. The van der Waals surface area contributed by atoms with Crippen LogP contribution in [0.3, 0.4) is 0 Å². The highest BCUT2D eigenvalue weighted by molar-refractivity contribution is 5.22. The summed E-state index contributed by atoms with van der Waals surface area (Å²) in [5.41, 5.74) is -0.475. The van der Waals surface area contributed by atoms with E-state index < -0.39 is 35.7 Å². The lowest BCUT2D eigenvalue weighted by Gasteiger charge is -2.10. The molecule has 0 heterocycles. The van der Waals surface area contributed by atoms with Gasteiger partial charge in [0.25, 0.3) is 0 Å². The van der Waals surface area contributed by atoms with Crippen molar-refractivity contribution in [3.8, 4) is 0 Å². The van der Waals surface area contributed by atoms with E-state index in [9.17, 15) is 18.3 Å². The van der Waals surface area contributed by atoms with Crippen molar-refractivity contribution in [3.05, 3.63) is 35.1 Å². The first-order valence-electron chi connectivity index (χ1n) is 3.99. The third-order valence-corrected chi connectivity index (χ3v) is 1.78. The quantitative estimate of drug-likeness (QED) is 0.736. The molecule has 14 heavy (non-hydrogen) atoms. The molecule has 1 aromatic rings. The van der Waals surface area contributed by atoms with E-state index in [0.29, 0.717) is 12.1 Å². The maximum absolute atomic E-state index is 13.0. The Balaban J connectivity index is 3.07. The maximum Gasteiger partial charge on any atom is 0.164 e. The highest BCUT2D eigenvalue weighted by Gasteiger charge is 2.17. The molecule has 0 aliphatic carbocycles. The van der Waals surface area contributed by atoms with Crippen LogP contribution in [-0.2, 0) is 0 Å². The fourth-order valence-electron chi connectivity index (χ4n) is 1.10. The summed E-state index contributed by atoms with van der Waals surface area (Å²) in [7, 11) is 0. The molecule has 0 spiro atoms. The Hall–Kier alpha value is -1.07. The lowest BCUT2D eigenvalue weighted by molar-refractivity contribution is 0.129. The average molecular weight is 206 g/mol. The third kappa shape index (κ3) is 2.24. The molecule has 1 unspecified atom stereocenters. The Morgan fingerprint density at radius 2 is 1.86 bits per heavy atom. The van der Waals surface area contributed by atoms with Gasteiger partial charge >= 0.3 is 0 Å². The second-order valence-electron chi connectivity index (χ2n) is 2.82. The molecule has 2 N–H and O–H groups in total. The van der Waals surface area contributed by atoms with Gasteiger partial charge < -0.3 is 10.2 Å². The molecule has 5 heteroatoms. The molecule has 0 aromatic heterocycles. The molecule has 0 saturated heterocycles. The molecule has 0 fully saturated rings. The minimum absolute atomic E-state index is 0.167. The van der Waals surface area contributed by atoms with Gasteiger partial charge in [0.2, 0.25) is 0 Å². The number of aliphatic hydroxyl groups excluding tert-OH is 2. The lowest BCUT2D eigenvalue weighted by atomic mass is 10.1. The van der Waals surface area contributed by atoms with E-state index in [0.717, 1.165) is 0 Å². The van der Waals surface area contributed by atoms with Gasteiger partial charge in [0.1, 0.15) is 5.82 Å². The first kappa shape index (κ1) is 11.0. The van der Waals surface area contributed by atoms with Crippen LogP contribution >= 0.6 is 0 Å². The molecule has 0 saturated carbocycles. The Labute approximate surface area is 78.6 Å². The molecule has 1 atom stereocenters. The zero-order valence-electron chi connectivity index (χ0n) is 7.17. The summed E-state index contributed by atoms with van der Waals surface area (Å²) in [4.78, 5) is 0. The van der Waals surface area contributed by atoms with Crippen LogP contribution < -0.4 is 0 Å². The molecule has 0 bridgehead atoms. The number of halogens is 3. The maximum atomic E-state index is 13.0. The van der Waals surface area contributed by atoms with Crippen molar-refractivity contribution >= 4 is 0 Å². The second kappa shape index (κ2) is 4.43. The van der Waals surface area contributed by atoms with Crippen molar-refractivity contribution in [1.29, 1.82) is 0 Å². The molecular weight excluding hydrogens is 197 g/mol. The number of rotatable bonds is 3. The Kier molecular flexibility index (Phi) is 3.49. The van der Waals surface area contributed by atoms with E-state index in [2.05, 4.69) is 0 Å². The second-order valence-corrected chi connectivity index (χ2v) is 2.82. The van der Waals surface area contributed by atoms with Crippen LogP contribution in [0.4, 0.5) is 13.2 Å². The highest BCUT2D eigenvalue weighted by Crippen LogP contribution is 2.22. The molecule has 1 rings (SSSR count). The van der Waals surface area contributed by atoms with Gasteiger partial charge in [-0.15, -0.1) is 0 Å². The summed E-state index contributed by atoms with van der Waals surface area (Å²) in [5, 5.41) is 17.7. The van der Waals surface area contributed by atoms with Gasteiger partial charge in [-0.3, -0.25) is 0 Å². The fourth-order valence-corrected chi connectivity index (χ4v) is 1.10. The minimum atomic E-state index is -1.40. The molecular formula is C9H9F3O2. The van der Waals surface area contributed by atoms with Gasteiger partial charge in [0.15, 0.2) is 11.6 Å². The summed E-state index contributed by atoms with van der Waals surface area (Å²) in [6.07, 6.45) is -1.56. The normalized spacial score (nSPS) is 12.9. The standard InChI is InChI=1S/C9H9F3O2/c10-5-3-6(8(14)1-2-13)9(12)7(11)4-5/h3-4,8,13-14H,1-2H2. The highest BCUT2D eigenvalue weighted by atomic mass is 19.2. The number of benzene rings is 1. The van der Waals surface area contributed by atoms with E-state index in [4.69, 9.17) is 5.11 Å². The van der Waals surface area contributed by atoms with E-state index >= 15 is 0 Å². The van der Waals surface area contributed by atoms with E-state index in [1.807, 2.05) is 0 Å². The fraction of sp³-hybridized carbons (Fsp3) is 0.333. The molecule has 2 nitrogen and oxygen atoms in total. The zero-order valence-corrected chi connectivity index (χ0v) is 7.17. The van der Waals surface area contributed by atoms with E-state index in [1.165, 1.54) is 0 Å². The van der Waals surface area contributed by atoms with Crippen LogP contribution in [0.2, 0.25) is 0 Å². The van der Waals surface area contributed by atoms with Crippen LogP contribution in [0.15, 0.2) is 12.1 Å². The molecule has 0 aliphatic rings. The molecule has 0 aliphatic heterocycles.